The van der Waals surface area contributed by atoms with Gasteiger partial charge in [0, 0.05) is 22.0 Å². The molecule has 158 valence electrons. The van der Waals surface area contributed by atoms with E-state index in [1.165, 1.54) is 12.8 Å². The summed E-state index contributed by atoms with van der Waals surface area (Å²) in [6, 6.07) is 9.38. The van der Waals surface area contributed by atoms with Crippen molar-refractivity contribution in [2.75, 3.05) is 5.32 Å². The maximum absolute atomic E-state index is 11.5. The zero-order valence-electron chi connectivity index (χ0n) is 16.6. The van der Waals surface area contributed by atoms with Crippen molar-refractivity contribution < 1.29 is 5.11 Å². The number of hydrogen-bond acceptors (Lipinski definition) is 6. The van der Waals surface area contributed by atoms with Crippen LogP contribution in [0.1, 0.15) is 25.5 Å². The molecule has 0 unspecified atom stereocenters. The third-order valence-electron chi connectivity index (χ3n) is 5.25. The highest BCUT2D eigenvalue weighted by molar-refractivity contribution is 6.30. The quantitative estimate of drug-likeness (QED) is 0.380. The summed E-state index contributed by atoms with van der Waals surface area (Å²) in [7, 11) is 0. The number of nitrogens with one attached hydrogen (secondary N) is 3. The summed E-state index contributed by atoms with van der Waals surface area (Å²) in [5.74, 6) is 0.930. The van der Waals surface area contributed by atoms with E-state index in [1.54, 1.807) is 22.9 Å². The van der Waals surface area contributed by atoms with Gasteiger partial charge in [-0.1, -0.05) is 17.7 Å². The Morgan fingerprint density at radius 1 is 1.35 bits per heavy atom. The van der Waals surface area contributed by atoms with E-state index in [-0.39, 0.29) is 17.6 Å². The number of benzene rings is 1. The SMILES string of the molecule is C[C@H](N=c1cc(Nc2cccc(Cl)c2)nc2/c(=C\c3[nH]c(=O)[nH]c3O)cnn12)C1CC1. The van der Waals surface area contributed by atoms with E-state index >= 15 is 0 Å². The molecule has 0 amide bonds. The summed E-state index contributed by atoms with van der Waals surface area (Å²) in [6.07, 6.45) is 5.60. The summed E-state index contributed by atoms with van der Waals surface area (Å²) < 4.78 is 1.66. The number of anilines is 2. The second-order valence-electron chi connectivity index (χ2n) is 7.66. The van der Waals surface area contributed by atoms with Crippen LogP contribution in [0, 0.1) is 5.92 Å². The van der Waals surface area contributed by atoms with Gasteiger partial charge in [0.2, 0.25) is 5.88 Å². The van der Waals surface area contributed by atoms with Gasteiger partial charge in [-0.3, -0.25) is 9.98 Å². The van der Waals surface area contributed by atoms with Gasteiger partial charge in [0.15, 0.2) is 11.1 Å². The number of imidazole rings is 1. The molecule has 4 aromatic rings. The van der Waals surface area contributed by atoms with Crippen LogP contribution in [0.3, 0.4) is 0 Å². The van der Waals surface area contributed by atoms with Crippen molar-refractivity contribution >= 4 is 34.8 Å². The maximum atomic E-state index is 11.5. The molecule has 0 aliphatic heterocycles. The number of H-pyrrole nitrogens is 2. The van der Waals surface area contributed by atoms with Crippen LogP contribution >= 0.6 is 11.6 Å². The van der Waals surface area contributed by atoms with Crippen molar-refractivity contribution in [3.63, 3.8) is 0 Å². The molecular formula is C21H20ClN7O2. The van der Waals surface area contributed by atoms with Gasteiger partial charge in [-0.05, 0) is 50.0 Å². The number of aromatic amines is 2. The Morgan fingerprint density at radius 2 is 2.19 bits per heavy atom. The van der Waals surface area contributed by atoms with Crippen LogP contribution in [-0.2, 0) is 0 Å². The number of hydrogen-bond donors (Lipinski definition) is 4. The predicted molar refractivity (Wildman–Crippen MR) is 117 cm³/mol. The number of nitrogens with zero attached hydrogens (tertiary/aromatic N) is 4. The highest BCUT2D eigenvalue weighted by Gasteiger charge is 2.27. The minimum atomic E-state index is -0.495. The van der Waals surface area contributed by atoms with Crippen LogP contribution in [0.5, 0.6) is 5.88 Å². The van der Waals surface area contributed by atoms with Crippen LogP contribution < -0.4 is 21.7 Å². The Kier molecular flexibility index (Phi) is 4.74. The summed E-state index contributed by atoms with van der Waals surface area (Å²) in [6.45, 7) is 2.10. The molecule has 3 aromatic heterocycles. The molecule has 1 atom stereocenters. The third kappa shape index (κ3) is 4.04. The summed E-state index contributed by atoms with van der Waals surface area (Å²) in [5.41, 5.74) is 1.75. The first kappa shape index (κ1) is 19.4. The fourth-order valence-corrected chi connectivity index (χ4v) is 3.67. The largest absolute Gasteiger partial charge is 0.493 e. The number of fused-ring (bicyclic) bond motifs is 1. The van der Waals surface area contributed by atoms with Crippen LogP contribution in [0.4, 0.5) is 11.5 Å². The first-order valence-electron chi connectivity index (χ1n) is 9.94. The normalized spacial score (nSPS) is 16.2. The summed E-state index contributed by atoms with van der Waals surface area (Å²) in [4.78, 5) is 25.9. The molecule has 9 nitrogen and oxygen atoms in total. The predicted octanol–water partition coefficient (Wildman–Crippen LogP) is 2.10. The highest BCUT2D eigenvalue weighted by atomic mass is 35.5. The molecule has 1 aliphatic carbocycles. The lowest BCUT2D eigenvalue weighted by molar-refractivity contribution is 0.454. The Morgan fingerprint density at radius 3 is 2.90 bits per heavy atom. The molecule has 5 rings (SSSR count). The lowest BCUT2D eigenvalue weighted by Gasteiger charge is -2.08. The molecule has 0 radical (unpaired) electrons. The van der Waals surface area contributed by atoms with Crippen LogP contribution in [0.15, 0.2) is 46.3 Å². The first-order chi connectivity index (χ1) is 15.0. The number of halogens is 1. The van der Waals surface area contributed by atoms with E-state index in [4.69, 9.17) is 21.6 Å². The monoisotopic (exact) mass is 437 g/mol. The van der Waals surface area contributed by atoms with E-state index in [2.05, 4.69) is 27.3 Å². The van der Waals surface area contributed by atoms with Gasteiger partial charge in [0.25, 0.3) is 0 Å². The molecule has 4 N–H and O–H groups in total. The van der Waals surface area contributed by atoms with Crippen LogP contribution in [0.2, 0.25) is 5.02 Å². The van der Waals surface area contributed by atoms with Crippen LogP contribution in [-0.4, -0.2) is 35.7 Å². The Labute approximate surface area is 181 Å². The van der Waals surface area contributed by atoms with Crippen molar-refractivity contribution in [1.29, 1.82) is 0 Å². The molecule has 10 heteroatoms. The fourth-order valence-electron chi connectivity index (χ4n) is 3.48. The van der Waals surface area contributed by atoms with Crippen LogP contribution in [0.25, 0.3) is 11.7 Å². The maximum Gasteiger partial charge on any atom is 0.326 e. The smallest absolute Gasteiger partial charge is 0.326 e. The lowest BCUT2D eigenvalue weighted by atomic mass is 10.2. The number of aromatic nitrogens is 5. The molecule has 0 bridgehead atoms. The van der Waals surface area contributed by atoms with Gasteiger partial charge in [-0.15, -0.1) is 0 Å². The van der Waals surface area contributed by atoms with Crippen molar-refractivity contribution in [2.45, 2.75) is 25.8 Å². The molecule has 1 saturated carbocycles. The first-order valence-corrected chi connectivity index (χ1v) is 10.3. The van der Waals surface area contributed by atoms with Crippen molar-refractivity contribution in [3.8, 4) is 5.88 Å². The van der Waals surface area contributed by atoms with E-state index in [0.717, 1.165) is 5.69 Å². The molecule has 0 spiro atoms. The van der Waals surface area contributed by atoms with Gasteiger partial charge in [-0.25, -0.2) is 9.78 Å². The Balaban J connectivity index is 1.68. The zero-order valence-corrected chi connectivity index (χ0v) is 17.4. The minimum absolute atomic E-state index is 0.173. The van der Waals surface area contributed by atoms with Crippen molar-refractivity contribution in [3.05, 3.63) is 68.4 Å². The topological polar surface area (TPSA) is 123 Å². The summed E-state index contributed by atoms with van der Waals surface area (Å²) >= 11 is 6.11. The standard InChI is InChI=1S/C21H20ClN7O2/c1-11(12-5-6-12)24-18-9-17(25-15-4-2-3-14(22)8-15)27-19-13(10-23-29(18)19)7-16-20(30)28-21(31)26-16/h2-4,7-12,25,30H,5-6H2,1H3,(H2,26,28,31)/b13-7-,24-18?/t11-/m0/s1. The van der Waals surface area contributed by atoms with Gasteiger partial charge in [-0.2, -0.15) is 9.61 Å². The molecule has 31 heavy (non-hydrogen) atoms. The Bertz CT molecular complexity index is 1450. The molecule has 1 aliphatic rings. The molecule has 1 aromatic carbocycles. The van der Waals surface area contributed by atoms with E-state index < -0.39 is 5.69 Å². The number of rotatable bonds is 5. The van der Waals surface area contributed by atoms with Gasteiger partial charge < -0.3 is 15.4 Å². The zero-order chi connectivity index (χ0) is 21.5. The Hall–Kier alpha value is -3.59. The molecule has 0 saturated heterocycles. The minimum Gasteiger partial charge on any atom is -0.493 e. The van der Waals surface area contributed by atoms with Crippen molar-refractivity contribution in [2.24, 2.45) is 10.9 Å². The molecular weight excluding hydrogens is 418 g/mol. The molecule has 1 fully saturated rings. The highest BCUT2D eigenvalue weighted by Crippen LogP contribution is 2.33. The molecule has 3 heterocycles. The third-order valence-corrected chi connectivity index (χ3v) is 5.49. The van der Waals surface area contributed by atoms with E-state index in [1.807, 2.05) is 24.3 Å². The van der Waals surface area contributed by atoms with Crippen molar-refractivity contribution in [1.82, 2.24) is 24.6 Å². The fraction of sp³-hybridized carbons (Fsp3) is 0.238. The summed E-state index contributed by atoms with van der Waals surface area (Å²) in [5, 5.41) is 18.9. The second kappa shape index (κ2) is 7.59. The van der Waals surface area contributed by atoms with E-state index in [9.17, 15) is 9.90 Å². The average Bonchev–Trinajstić information content (AvgIpc) is 3.42. The van der Waals surface area contributed by atoms with E-state index in [0.29, 0.717) is 33.1 Å². The van der Waals surface area contributed by atoms with Gasteiger partial charge in [0.1, 0.15) is 11.5 Å². The lowest BCUT2D eigenvalue weighted by Crippen LogP contribution is -2.22. The van der Waals surface area contributed by atoms with Gasteiger partial charge in [0.05, 0.1) is 12.2 Å². The number of aromatic hydroxyl groups is 1. The second-order valence-corrected chi connectivity index (χ2v) is 8.10. The average molecular weight is 438 g/mol. The van der Waals surface area contributed by atoms with Gasteiger partial charge >= 0.3 is 5.69 Å².